The van der Waals surface area contributed by atoms with Crippen molar-refractivity contribution in [2.45, 2.75) is 37.9 Å². The van der Waals surface area contributed by atoms with Crippen LogP contribution >= 0.6 is 0 Å². The summed E-state index contributed by atoms with van der Waals surface area (Å²) in [4.78, 5) is 26.8. The highest BCUT2D eigenvalue weighted by Crippen LogP contribution is 2.41. The van der Waals surface area contributed by atoms with Crippen molar-refractivity contribution in [1.29, 1.82) is 0 Å². The van der Waals surface area contributed by atoms with Crippen molar-refractivity contribution in [2.75, 3.05) is 19.6 Å². The van der Waals surface area contributed by atoms with E-state index in [9.17, 15) is 36.6 Å². The van der Waals surface area contributed by atoms with Crippen LogP contribution in [-0.2, 0) is 19.1 Å². The van der Waals surface area contributed by atoms with Crippen LogP contribution in [-0.4, -0.2) is 56.7 Å². The Morgan fingerprint density at radius 2 is 1.78 bits per heavy atom. The Morgan fingerprint density at radius 3 is 2.41 bits per heavy atom. The number of carbonyl (C=O) groups is 2. The van der Waals surface area contributed by atoms with Crippen LogP contribution in [0.1, 0.15) is 51.6 Å². The number of alkyl halides is 3. The first-order valence-corrected chi connectivity index (χ1v) is 9.96. The first-order valence-electron chi connectivity index (χ1n) is 9.96. The average molecular weight is 458 g/mol. The van der Waals surface area contributed by atoms with E-state index < -0.39 is 41.3 Å². The number of halogens is 5. The van der Waals surface area contributed by atoms with E-state index in [-0.39, 0.29) is 50.3 Å². The van der Waals surface area contributed by atoms with Crippen LogP contribution in [0.4, 0.5) is 26.7 Å². The summed E-state index contributed by atoms with van der Waals surface area (Å²) in [6.07, 6.45) is -5.50. The number of nitrogens with one attached hydrogen (secondary N) is 1. The molecule has 172 valence electrons. The maximum atomic E-state index is 13.9. The number of fused-ring (bicyclic) bond motifs is 1. The van der Waals surface area contributed by atoms with E-state index in [2.05, 4.69) is 10.2 Å². The summed E-state index contributed by atoms with van der Waals surface area (Å²) < 4.78 is 67.4. The molecule has 0 bridgehead atoms. The monoisotopic (exact) mass is 458 g/mol. The molecular formula is C20H19F5N4O3. The first-order chi connectivity index (χ1) is 15.1. The summed E-state index contributed by atoms with van der Waals surface area (Å²) in [7, 11) is 0. The van der Waals surface area contributed by atoms with Crippen LogP contribution < -0.4 is 0 Å². The number of amides is 2. The molecule has 2 amide bonds. The van der Waals surface area contributed by atoms with Crippen molar-refractivity contribution in [1.82, 2.24) is 20.0 Å². The second-order valence-electron chi connectivity index (χ2n) is 7.87. The van der Waals surface area contributed by atoms with Gasteiger partial charge in [0.05, 0.1) is 12.1 Å². The Hall–Kier alpha value is -3.18. The highest BCUT2D eigenvalue weighted by Gasteiger charge is 2.41. The molecule has 1 aromatic carbocycles. The zero-order valence-corrected chi connectivity index (χ0v) is 16.7. The standard InChI is InChI=1S/C20H19F5N4O3/c21-13-2-1-11(15(16(13)22)20(23,24)25)10-3-6-28(7-4-10)18(30)17-12-9-29(19(31)32)8-5-14(12)26-27-17/h1-2,10H,3-9H2,(H,26,27)(H,31,32). The number of benzene rings is 1. The van der Waals surface area contributed by atoms with Gasteiger partial charge in [0.15, 0.2) is 17.3 Å². The lowest BCUT2D eigenvalue weighted by Gasteiger charge is -2.33. The average Bonchev–Trinajstić information content (AvgIpc) is 3.17. The van der Waals surface area contributed by atoms with E-state index in [0.717, 1.165) is 6.07 Å². The molecule has 0 atom stereocenters. The quantitative estimate of drug-likeness (QED) is 0.671. The molecule has 7 nitrogen and oxygen atoms in total. The number of likely N-dealkylation sites (tertiary alicyclic amines) is 1. The number of nitrogens with zero attached hydrogens (tertiary/aromatic N) is 3. The van der Waals surface area contributed by atoms with E-state index >= 15 is 0 Å². The molecule has 0 radical (unpaired) electrons. The molecule has 0 saturated carbocycles. The van der Waals surface area contributed by atoms with Crippen LogP contribution in [0.3, 0.4) is 0 Å². The molecule has 12 heteroatoms. The predicted octanol–water partition coefficient (Wildman–Crippen LogP) is 3.76. The maximum Gasteiger partial charge on any atom is 0.419 e. The number of hydrogen-bond donors (Lipinski definition) is 2. The molecule has 32 heavy (non-hydrogen) atoms. The fourth-order valence-corrected chi connectivity index (χ4v) is 4.37. The molecule has 0 spiro atoms. The lowest BCUT2D eigenvalue weighted by Crippen LogP contribution is -2.40. The third-order valence-corrected chi connectivity index (χ3v) is 6.04. The van der Waals surface area contributed by atoms with E-state index in [4.69, 9.17) is 0 Å². The fraction of sp³-hybridized carbons (Fsp3) is 0.450. The minimum absolute atomic E-state index is 0.0164. The number of carboxylic acid groups (broad SMARTS) is 1. The van der Waals surface area contributed by atoms with Gasteiger partial charge in [-0.3, -0.25) is 9.89 Å². The Labute approximate surface area is 178 Å². The van der Waals surface area contributed by atoms with Crippen molar-refractivity contribution in [3.8, 4) is 0 Å². The highest BCUT2D eigenvalue weighted by molar-refractivity contribution is 5.94. The van der Waals surface area contributed by atoms with Gasteiger partial charge in [0.2, 0.25) is 0 Å². The van der Waals surface area contributed by atoms with E-state index in [1.807, 2.05) is 0 Å². The largest absolute Gasteiger partial charge is 0.465 e. The Kier molecular flexibility index (Phi) is 5.55. The van der Waals surface area contributed by atoms with Gasteiger partial charge in [-0.1, -0.05) is 6.07 Å². The Balaban J connectivity index is 1.50. The summed E-state index contributed by atoms with van der Waals surface area (Å²) >= 11 is 0. The zero-order valence-electron chi connectivity index (χ0n) is 16.7. The van der Waals surface area contributed by atoms with Gasteiger partial charge in [0.1, 0.15) is 0 Å². The molecule has 4 rings (SSSR count). The number of hydrogen-bond acceptors (Lipinski definition) is 3. The Morgan fingerprint density at radius 1 is 1.09 bits per heavy atom. The molecule has 2 aromatic rings. The summed E-state index contributed by atoms with van der Waals surface area (Å²) in [6.45, 7) is 0.496. The molecule has 1 fully saturated rings. The minimum atomic E-state index is -5.04. The van der Waals surface area contributed by atoms with Gasteiger partial charge in [0.25, 0.3) is 5.91 Å². The number of aromatic amines is 1. The fourth-order valence-electron chi connectivity index (χ4n) is 4.37. The molecule has 1 aromatic heterocycles. The van der Waals surface area contributed by atoms with Gasteiger partial charge < -0.3 is 14.9 Å². The van der Waals surface area contributed by atoms with Gasteiger partial charge in [0, 0.05) is 37.3 Å². The lowest BCUT2D eigenvalue weighted by atomic mass is 9.85. The van der Waals surface area contributed by atoms with Gasteiger partial charge in [-0.2, -0.15) is 18.3 Å². The zero-order chi connectivity index (χ0) is 23.2. The molecule has 3 heterocycles. The number of carbonyl (C=O) groups excluding carboxylic acids is 1. The molecule has 1 saturated heterocycles. The third-order valence-electron chi connectivity index (χ3n) is 6.04. The van der Waals surface area contributed by atoms with Crippen molar-refractivity contribution >= 4 is 12.0 Å². The summed E-state index contributed by atoms with van der Waals surface area (Å²) in [5.74, 6) is -4.62. The predicted molar refractivity (Wildman–Crippen MR) is 100.0 cm³/mol. The summed E-state index contributed by atoms with van der Waals surface area (Å²) in [6, 6.07) is 1.63. The van der Waals surface area contributed by atoms with Gasteiger partial charge in [-0.15, -0.1) is 0 Å². The second-order valence-corrected chi connectivity index (χ2v) is 7.87. The van der Waals surface area contributed by atoms with Crippen molar-refractivity contribution in [3.63, 3.8) is 0 Å². The smallest absolute Gasteiger partial charge is 0.419 e. The van der Waals surface area contributed by atoms with Crippen molar-refractivity contribution < 1.29 is 36.6 Å². The molecule has 2 aliphatic heterocycles. The lowest BCUT2D eigenvalue weighted by molar-refractivity contribution is -0.141. The van der Waals surface area contributed by atoms with Crippen LogP contribution in [0.15, 0.2) is 12.1 Å². The van der Waals surface area contributed by atoms with Crippen LogP contribution in [0.5, 0.6) is 0 Å². The van der Waals surface area contributed by atoms with E-state index in [0.29, 0.717) is 23.7 Å². The number of aromatic nitrogens is 2. The van der Waals surface area contributed by atoms with Crippen molar-refractivity contribution in [3.05, 3.63) is 51.8 Å². The SMILES string of the molecule is O=C(O)N1CCc2[nH]nc(C(=O)N3CCC(c4ccc(F)c(F)c4C(F)(F)F)CC3)c2C1. The van der Waals surface area contributed by atoms with Gasteiger partial charge in [-0.05, 0) is 30.4 Å². The van der Waals surface area contributed by atoms with E-state index in [1.54, 1.807) is 0 Å². The van der Waals surface area contributed by atoms with Crippen LogP contribution in [0.25, 0.3) is 0 Å². The molecule has 0 aliphatic carbocycles. The number of rotatable bonds is 2. The number of piperidine rings is 1. The Bertz CT molecular complexity index is 1060. The topological polar surface area (TPSA) is 89.5 Å². The number of H-pyrrole nitrogens is 1. The van der Waals surface area contributed by atoms with Crippen molar-refractivity contribution in [2.24, 2.45) is 0 Å². The van der Waals surface area contributed by atoms with Gasteiger partial charge in [-0.25, -0.2) is 13.6 Å². The van der Waals surface area contributed by atoms with Crippen LogP contribution in [0, 0.1) is 11.6 Å². The maximum absolute atomic E-state index is 13.9. The second kappa shape index (κ2) is 8.06. The molecular weight excluding hydrogens is 439 g/mol. The minimum Gasteiger partial charge on any atom is -0.465 e. The summed E-state index contributed by atoms with van der Waals surface area (Å²) in [5.41, 5.74) is -0.661. The normalized spacial score (nSPS) is 17.4. The third kappa shape index (κ3) is 3.89. The molecule has 0 unspecified atom stereocenters. The molecule has 2 aliphatic rings. The molecule has 2 N–H and O–H groups in total. The first kappa shape index (κ1) is 22.0. The van der Waals surface area contributed by atoms with Crippen LogP contribution in [0.2, 0.25) is 0 Å². The highest BCUT2D eigenvalue weighted by atomic mass is 19.4. The van der Waals surface area contributed by atoms with Gasteiger partial charge >= 0.3 is 12.3 Å². The van der Waals surface area contributed by atoms with E-state index in [1.165, 1.54) is 9.80 Å². The summed E-state index contributed by atoms with van der Waals surface area (Å²) in [5, 5.41) is 16.0.